The Morgan fingerprint density at radius 2 is 1.89 bits per heavy atom. The average Bonchev–Trinajstić information content (AvgIpc) is 2.95. The van der Waals surface area contributed by atoms with E-state index in [0.29, 0.717) is 6.42 Å². The highest BCUT2D eigenvalue weighted by molar-refractivity contribution is 6.31. The molecule has 0 aromatic heterocycles. The molecular formula is C22H23ClN2O2. The van der Waals surface area contributed by atoms with E-state index in [-0.39, 0.29) is 18.1 Å². The highest BCUT2D eigenvalue weighted by atomic mass is 35.5. The van der Waals surface area contributed by atoms with Gasteiger partial charge in [0.25, 0.3) is 0 Å². The zero-order valence-corrected chi connectivity index (χ0v) is 16.5. The van der Waals surface area contributed by atoms with Gasteiger partial charge in [-0.25, -0.2) is 0 Å². The number of aryl methyl sites for hydroxylation is 2. The van der Waals surface area contributed by atoms with Crippen molar-refractivity contribution in [3.05, 3.63) is 69.8 Å². The van der Waals surface area contributed by atoms with Crippen LogP contribution in [0.5, 0.6) is 0 Å². The summed E-state index contributed by atoms with van der Waals surface area (Å²) in [7, 11) is 0. The third-order valence-corrected chi connectivity index (χ3v) is 5.23. The second kappa shape index (κ2) is 7.97. The molecule has 3 rings (SSSR count). The van der Waals surface area contributed by atoms with Gasteiger partial charge in [0.05, 0.1) is 12.5 Å². The predicted octanol–water partition coefficient (Wildman–Crippen LogP) is 4.43. The van der Waals surface area contributed by atoms with Gasteiger partial charge < -0.3 is 10.6 Å². The van der Waals surface area contributed by atoms with Crippen LogP contribution in [0.25, 0.3) is 5.70 Å². The minimum absolute atomic E-state index is 0.00610. The Morgan fingerprint density at radius 3 is 2.48 bits per heavy atom. The molecule has 0 aliphatic carbocycles. The van der Waals surface area contributed by atoms with Crippen LogP contribution in [0, 0.1) is 13.8 Å². The molecule has 1 atom stereocenters. The van der Waals surface area contributed by atoms with Gasteiger partial charge >= 0.3 is 0 Å². The van der Waals surface area contributed by atoms with Crippen LogP contribution in [0.4, 0.5) is 5.69 Å². The molecule has 5 heteroatoms. The fraction of sp³-hybridized carbons (Fsp3) is 0.273. The van der Waals surface area contributed by atoms with Crippen molar-refractivity contribution in [2.24, 2.45) is 0 Å². The van der Waals surface area contributed by atoms with Gasteiger partial charge in [-0.2, -0.15) is 0 Å². The zero-order chi connectivity index (χ0) is 19.6. The van der Waals surface area contributed by atoms with Crippen LogP contribution in [0.3, 0.4) is 0 Å². The third-order valence-electron chi connectivity index (χ3n) is 4.83. The Balaban J connectivity index is 1.74. The third kappa shape index (κ3) is 4.40. The number of Topliss-reactive ketones (excluding diaryl/α,β-unsaturated/α-hetero) is 1. The maximum absolute atomic E-state index is 11.8. The van der Waals surface area contributed by atoms with Gasteiger partial charge in [0.1, 0.15) is 0 Å². The second-order valence-corrected chi connectivity index (χ2v) is 7.32. The molecule has 1 saturated heterocycles. The molecule has 2 aromatic carbocycles. The van der Waals surface area contributed by atoms with Gasteiger partial charge in [-0.05, 0) is 55.5 Å². The van der Waals surface area contributed by atoms with Crippen LogP contribution < -0.4 is 10.6 Å². The highest BCUT2D eigenvalue weighted by Crippen LogP contribution is 2.27. The Bertz CT molecular complexity index is 917. The fourth-order valence-corrected chi connectivity index (χ4v) is 3.41. The minimum Gasteiger partial charge on any atom is -0.355 e. The van der Waals surface area contributed by atoms with Crippen molar-refractivity contribution in [1.82, 2.24) is 5.32 Å². The van der Waals surface area contributed by atoms with Gasteiger partial charge in [0, 0.05) is 16.4 Å². The number of halogens is 1. The van der Waals surface area contributed by atoms with Crippen LogP contribution in [-0.4, -0.2) is 17.7 Å². The highest BCUT2D eigenvalue weighted by Gasteiger charge is 2.29. The first-order chi connectivity index (χ1) is 12.9. The van der Waals surface area contributed by atoms with E-state index >= 15 is 0 Å². The van der Waals surface area contributed by atoms with Gasteiger partial charge in [0.2, 0.25) is 5.91 Å². The lowest BCUT2D eigenvalue weighted by Crippen LogP contribution is -2.31. The molecule has 1 unspecified atom stereocenters. The first-order valence-corrected chi connectivity index (χ1v) is 9.36. The Labute approximate surface area is 164 Å². The molecule has 0 bridgehead atoms. The van der Waals surface area contributed by atoms with Crippen LogP contribution >= 0.6 is 11.6 Å². The summed E-state index contributed by atoms with van der Waals surface area (Å²) in [6.45, 7) is 6.02. The number of anilines is 1. The molecule has 140 valence electrons. The number of carbonyl (C=O) groups excluding carboxylic acids is 2. The second-order valence-electron chi connectivity index (χ2n) is 6.91. The van der Waals surface area contributed by atoms with E-state index in [4.69, 9.17) is 11.6 Å². The molecule has 0 radical (unpaired) electrons. The van der Waals surface area contributed by atoms with Gasteiger partial charge in [-0.15, -0.1) is 0 Å². The summed E-state index contributed by atoms with van der Waals surface area (Å²) in [5.41, 5.74) is 6.20. The normalized spacial score (nSPS) is 17.2. The van der Waals surface area contributed by atoms with Gasteiger partial charge in [0.15, 0.2) is 5.78 Å². The summed E-state index contributed by atoms with van der Waals surface area (Å²) in [5, 5.41) is 6.91. The number of nitrogens with one attached hydrogen (secondary N) is 2. The number of hydrogen-bond acceptors (Lipinski definition) is 3. The quantitative estimate of drug-likeness (QED) is 0.752. The Morgan fingerprint density at radius 1 is 1.19 bits per heavy atom. The number of carbonyl (C=O) groups is 2. The van der Waals surface area contributed by atoms with Crippen LogP contribution in [0.1, 0.15) is 35.6 Å². The lowest BCUT2D eigenvalue weighted by atomic mass is 10.0. The largest absolute Gasteiger partial charge is 0.355 e. The van der Waals surface area contributed by atoms with Crippen LogP contribution in [-0.2, 0) is 16.0 Å². The first-order valence-electron chi connectivity index (χ1n) is 8.99. The van der Waals surface area contributed by atoms with Gasteiger partial charge in [-0.3, -0.25) is 9.59 Å². The number of benzene rings is 2. The Kier molecular flexibility index (Phi) is 5.66. The summed E-state index contributed by atoms with van der Waals surface area (Å²) in [5.74, 6) is -0.222. The molecule has 4 nitrogen and oxygen atoms in total. The molecule has 1 amide bonds. The minimum atomic E-state index is -0.403. The van der Waals surface area contributed by atoms with E-state index in [1.807, 2.05) is 50.3 Å². The average molecular weight is 383 g/mol. The van der Waals surface area contributed by atoms with E-state index in [1.165, 1.54) is 0 Å². The molecule has 1 fully saturated rings. The monoisotopic (exact) mass is 382 g/mol. The first kappa shape index (κ1) is 19.2. The van der Waals surface area contributed by atoms with Gasteiger partial charge in [-0.1, -0.05) is 48.0 Å². The topological polar surface area (TPSA) is 58.2 Å². The van der Waals surface area contributed by atoms with Crippen molar-refractivity contribution in [3.8, 4) is 0 Å². The van der Waals surface area contributed by atoms with E-state index in [2.05, 4.69) is 23.6 Å². The van der Waals surface area contributed by atoms with E-state index < -0.39 is 6.04 Å². The summed E-state index contributed by atoms with van der Waals surface area (Å²) >= 11 is 6.27. The number of hydrogen-bond donors (Lipinski definition) is 2. The summed E-state index contributed by atoms with van der Waals surface area (Å²) in [6.07, 6.45) is 2.53. The number of rotatable bonds is 5. The molecular weight excluding hydrogens is 360 g/mol. The van der Waals surface area contributed by atoms with Crippen LogP contribution in [0.15, 0.2) is 42.5 Å². The zero-order valence-electron chi connectivity index (χ0n) is 15.7. The predicted molar refractivity (Wildman–Crippen MR) is 110 cm³/mol. The smallest absolute Gasteiger partial charge is 0.228 e. The van der Waals surface area contributed by atoms with E-state index in [9.17, 15) is 9.59 Å². The maximum atomic E-state index is 11.8. The standard InChI is InChI=1S/C22H23ClN2O2/c1-4-18(24-19-11-17(23)13(2)9-14(19)3)16-7-5-15(6-8-16)10-20-21(26)12-22(27)25-20/h4-9,11,20,24H,10,12H2,1-3H3,(H,25,27). The van der Waals surface area contributed by atoms with Crippen molar-refractivity contribution in [2.75, 3.05) is 5.32 Å². The molecule has 0 spiro atoms. The molecule has 1 heterocycles. The van der Waals surface area contributed by atoms with Crippen molar-refractivity contribution in [1.29, 1.82) is 0 Å². The van der Waals surface area contributed by atoms with Crippen molar-refractivity contribution in [3.63, 3.8) is 0 Å². The molecule has 2 N–H and O–H groups in total. The summed E-state index contributed by atoms with van der Waals surface area (Å²) in [6, 6.07) is 11.6. The molecule has 1 aliphatic rings. The van der Waals surface area contributed by atoms with E-state index in [0.717, 1.165) is 38.7 Å². The van der Waals surface area contributed by atoms with Crippen molar-refractivity contribution < 1.29 is 9.59 Å². The number of allylic oxidation sites excluding steroid dienone is 1. The molecule has 1 aliphatic heterocycles. The molecule has 27 heavy (non-hydrogen) atoms. The Hall–Kier alpha value is -2.59. The molecule has 0 saturated carbocycles. The summed E-state index contributed by atoms with van der Waals surface area (Å²) < 4.78 is 0. The fourth-order valence-electron chi connectivity index (χ4n) is 3.24. The lowest BCUT2D eigenvalue weighted by Gasteiger charge is -2.15. The van der Waals surface area contributed by atoms with Crippen LogP contribution in [0.2, 0.25) is 5.02 Å². The van der Waals surface area contributed by atoms with Crippen molar-refractivity contribution in [2.45, 2.75) is 39.7 Å². The van der Waals surface area contributed by atoms with E-state index in [1.54, 1.807) is 0 Å². The molecule has 2 aromatic rings. The SMILES string of the molecule is CC=C(Nc1cc(Cl)c(C)cc1C)c1ccc(CC2NC(=O)CC2=O)cc1. The maximum Gasteiger partial charge on any atom is 0.228 e. The summed E-state index contributed by atoms with van der Waals surface area (Å²) in [4.78, 5) is 23.1. The number of ketones is 1. The van der Waals surface area contributed by atoms with Crippen molar-refractivity contribution >= 4 is 34.7 Å². The number of amides is 1. The lowest BCUT2D eigenvalue weighted by molar-refractivity contribution is -0.122.